The molecule has 4 rings (SSSR count). The number of hydrazine groups is 1. The first-order valence-corrected chi connectivity index (χ1v) is 8.53. The van der Waals surface area contributed by atoms with E-state index in [0.717, 1.165) is 0 Å². The van der Waals surface area contributed by atoms with Crippen LogP contribution in [0.5, 0.6) is 0 Å². The Kier molecular flexibility index (Phi) is 4.04. The second-order valence-corrected chi connectivity index (χ2v) is 6.38. The number of rotatable bonds is 4. The summed E-state index contributed by atoms with van der Waals surface area (Å²) >= 11 is 7.60. The van der Waals surface area contributed by atoms with Crippen molar-refractivity contribution >= 4 is 45.7 Å². The van der Waals surface area contributed by atoms with Crippen molar-refractivity contribution in [3.8, 4) is 5.69 Å². The molecule has 0 spiro atoms. The molecule has 0 bridgehead atoms. The Morgan fingerprint density at radius 1 is 1.16 bits per heavy atom. The number of hydrogen-bond donors (Lipinski definition) is 2. The topological polar surface area (TPSA) is 84.7 Å². The van der Waals surface area contributed by atoms with Crippen LogP contribution in [0.15, 0.2) is 54.3 Å². The molecule has 0 saturated heterocycles. The predicted octanol–water partition coefficient (Wildman–Crippen LogP) is 3.29. The predicted molar refractivity (Wildman–Crippen MR) is 97.1 cm³/mol. The fourth-order valence-corrected chi connectivity index (χ4v) is 3.16. The average Bonchev–Trinajstić information content (AvgIpc) is 3.30. The zero-order chi connectivity index (χ0) is 17.2. The van der Waals surface area contributed by atoms with Crippen LogP contribution in [0.1, 0.15) is 9.67 Å². The Morgan fingerprint density at radius 2 is 2.04 bits per heavy atom. The molecule has 7 nitrogen and oxygen atoms in total. The van der Waals surface area contributed by atoms with Gasteiger partial charge in [0.25, 0.3) is 5.91 Å². The van der Waals surface area contributed by atoms with E-state index < -0.39 is 0 Å². The third-order valence-corrected chi connectivity index (χ3v) is 4.67. The first-order valence-electron chi connectivity index (χ1n) is 7.27. The van der Waals surface area contributed by atoms with Crippen molar-refractivity contribution in [2.45, 2.75) is 0 Å². The van der Waals surface area contributed by atoms with Crippen molar-refractivity contribution in [1.29, 1.82) is 0 Å². The molecule has 0 aliphatic carbocycles. The minimum absolute atomic E-state index is 0.236. The minimum atomic E-state index is -0.236. The van der Waals surface area contributed by atoms with E-state index in [1.165, 1.54) is 17.7 Å². The number of amides is 1. The van der Waals surface area contributed by atoms with Crippen LogP contribution in [0.25, 0.3) is 16.7 Å². The molecule has 3 heterocycles. The highest BCUT2D eigenvalue weighted by Crippen LogP contribution is 2.25. The molecule has 0 aliphatic heterocycles. The summed E-state index contributed by atoms with van der Waals surface area (Å²) in [4.78, 5) is 21.1. The molecule has 1 amide bonds. The molecule has 0 atom stereocenters. The molecule has 2 N–H and O–H groups in total. The van der Waals surface area contributed by atoms with E-state index in [4.69, 9.17) is 11.6 Å². The summed E-state index contributed by atoms with van der Waals surface area (Å²) in [6.45, 7) is 0. The summed E-state index contributed by atoms with van der Waals surface area (Å²) in [5.74, 6) is 0.216. The number of nitrogens with one attached hydrogen (secondary N) is 2. The van der Waals surface area contributed by atoms with Gasteiger partial charge in [0.05, 0.1) is 27.2 Å². The Labute approximate surface area is 151 Å². The van der Waals surface area contributed by atoms with Crippen LogP contribution < -0.4 is 10.9 Å². The quantitative estimate of drug-likeness (QED) is 0.538. The molecular weight excluding hydrogens is 360 g/mol. The van der Waals surface area contributed by atoms with Crippen molar-refractivity contribution in [2.75, 3.05) is 5.43 Å². The van der Waals surface area contributed by atoms with Gasteiger partial charge in [-0.15, -0.1) is 11.3 Å². The third kappa shape index (κ3) is 2.92. The number of para-hydroxylation sites is 1. The van der Waals surface area contributed by atoms with Gasteiger partial charge in [-0.2, -0.15) is 5.10 Å². The van der Waals surface area contributed by atoms with Gasteiger partial charge in [0, 0.05) is 0 Å². The van der Waals surface area contributed by atoms with Gasteiger partial charge in [0.1, 0.15) is 6.33 Å². The summed E-state index contributed by atoms with van der Waals surface area (Å²) in [7, 11) is 0. The lowest BCUT2D eigenvalue weighted by Crippen LogP contribution is -2.29. The van der Waals surface area contributed by atoms with Crippen LogP contribution >= 0.6 is 22.9 Å². The number of benzene rings is 1. The molecular formula is C16H11ClN6OS. The van der Waals surface area contributed by atoms with Crippen molar-refractivity contribution in [3.63, 3.8) is 0 Å². The number of carbonyl (C=O) groups is 1. The summed E-state index contributed by atoms with van der Waals surface area (Å²) in [6.07, 6.45) is 3.02. The molecule has 4 aromatic rings. The van der Waals surface area contributed by atoms with Gasteiger partial charge in [-0.05, 0) is 23.6 Å². The molecule has 0 fully saturated rings. The van der Waals surface area contributed by atoms with Gasteiger partial charge in [0.2, 0.25) is 0 Å². The van der Waals surface area contributed by atoms with Crippen molar-refractivity contribution in [3.05, 3.63) is 64.2 Å². The summed E-state index contributed by atoms with van der Waals surface area (Å²) in [5.41, 5.74) is 6.74. The van der Waals surface area contributed by atoms with Crippen LogP contribution in [0.4, 0.5) is 5.82 Å². The number of aromatic nitrogens is 4. The highest BCUT2D eigenvalue weighted by atomic mass is 35.5. The van der Waals surface area contributed by atoms with E-state index in [1.54, 1.807) is 23.0 Å². The smallest absolute Gasteiger partial charge is 0.279 e. The van der Waals surface area contributed by atoms with Gasteiger partial charge >= 0.3 is 0 Å². The van der Waals surface area contributed by atoms with Gasteiger partial charge < -0.3 is 0 Å². The summed E-state index contributed by atoms with van der Waals surface area (Å²) in [5, 5.41) is 7.40. The second kappa shape index (κ2) is 6.50. The number of hydrogen-bond acceptors (Lipinski definition) is 6. The molecule has 3 aromatic heterocycles. The minimum Gasteiger partial charge on any atom is -0.281 e. The van der Waals surface area contributed by atoms with Crippen molar-refractivity contribution in [2.24, 2.45) is 0 Å². The van der Waals surface area contributed by atoms with Crippen LogP contribution in [-0.2, 0) is 0 Å². The molecule has 0 aliphatic rings. The highest BCUT2D eigenvalue weighted by molar-refractivity contribution is 7.12. The number of carbonyl (C=O) groups excluding carboxylic acids is 1. The van der Waals surface area contributed by atoms with Gasteiger partial charge in [-0.1, -0.05) is 29.8 Å². The number of nitrogens with zero attached hydrogens (tertiary/aromatic N) is 4. The molecule has 25 heavy (non-hydrogen) atoms. The van der Waals surface area contributed by atoms with E-state index in [-0.39, 0.29) is 5.91 Å². The third-order valence-electron chi connectivity index (χ3n) is 3.49. The maximum atomic E-state index is 12.0. The summed E-state index contributed by atoms with van der Waals surface area (Å²) in [6, 6.07) is 10.9. The monoisotopic (exact) mass is 370 g/mol. The largest absolute Gasteiger partial charge is 0.281 e. The van der Waals surface area contributed by atoms with Crippen LogP contribution in [0, 0.1) is 0 Å². The Morgan fingerprint density at radius 3 is 2.84 bits per heavy atom. The lowest BCUT2D eigenvalue weighted by molar-refractivity contribution is 0.0966. The Balaban J connectivity index is 1.65. The molecule has 124 valence electrons. The van der Waals surface area contributed by atoms with E-state index in [1.807, 2.05) is 29.6 Å². The number of anilines is 1. The highest BCUT2D eigenvalue weighted by Gasteiger charge is 2.13. The first kappa shape index (κ1) is 15.6. The number of thiophene rings is 1. The normalized spacial score (nSPS) is 10.8. The zero-order valence-corrected chi connectivity index (χ0v) is 14.3. The number of halogens is 1. The first-order chi connectivity index (χ1) is 12.2. The fourth-order valence-electron chi connectivity index (χ4n) is 2.33. The van der Waals surface area contributed by atoms with Crippen LogP contribution in [-0.4, -0.2) is 25.7 Å². The van der Waals surface area contributed by atoms with Crippen LogP contribution in [0.3, 0.4) is 0 Å². The second-order valence-electron chi connectivity index (χ2n) is 5.02. The Hall–Kier alpha value is -2.97. The zero-order valence-electron chi connectivity index (χ0n) is 12.7. The number of fused-ring (bicyclic) bond motifs is 1. The molecule has 0 radical (unpaired) electrons. The molecule has 1 aromatic carbocycles. The van der Waals surface area contributed by atoms with Crippen LogP contribution in [0.2, 0.25) is 5.02 Å². The average molecular weight is 371 g/mol. The maximum Gasteiger partial charge on any atom is 0.279 e. The van der Waals surface area contributed by atoms with Gasteiger partial charge in [0.15, 0.2) is 11.5 Å². The van der Waals surface area contributed by atoms with Gasteiger partial charge in [-0.3, -0.25) is 15.6 Å². The van der Waals surface area contributed by atoms with Gasteiger partial charge in [-0.25, -0.2) is 14.6 Å². The van der Waals surface area contributed by atoms with Crippen molar-refractivity contribution in [1.82, 2.24) is 25.2 Å². The van der Waals surface area contributed by atoms with Crippen molar-refractivity contribution < 1.29 is 4.79 Å². The lowest BCUT2D eigenvalue weighted by Gasteiger charge is -2.08. The fraction of sp³-hybridized carbons (Fsp3) is 0. The summed E-state index contributed by atoms with van der Waals surface area (Å²) < 4.78 is 1.63. The molecule has 0 saturated carbocycles. The van der Waals surface area contributed by atoms with E-state index in [2.05, 4.69) is 25.9 Å². The van der Waals surface area contributed by atoms with E-state index in [0.29, 0.717) is 32.4 Å². The SMILES string of the molecule is O=C(NNc1ncnc2c1cnn2-c1ccccc1Cl)c1cccs1. The maximum absolute atomic E-state index is 12.0. The standard InChI is InChI=1S/C16H11ClN6OS/c17-11-4-1-2-5-12(11)23-15-10(8-20-23)14(18-9-19-15)21-22-16(24)13-6-3-7-25-13/h1-9H,(H,22,24)(H,18,19,21). The lowest BCUT2D eigenvalue weighted by atomic mass is 10.3. The van der Waals surface area contributed by atoms with E-state index >= 15 is 0 Å². The van der Waals surface area contributed by atoms with E-state index in [9.17, 15) is 4.79 Å². The molecule has 9 heteroatoms. The molecule has 0 unspecified atom stereocenters. The Bertz CT molecular complexity index is 1050.